The lowest BCUT2D eigenvalue weighted by Crippen LogP contribution is -2.09. The van der Waals surface area contributed by atoms with Crippen LogP contribution in [-0.4, -0.2) is 19.2 Å². The third-order valence-electron chi connectivity index (χ3n) is 4.18. The Hall–Kier alpha value is -2.75. The predicted octanol–water partition coefficient (Wildman–Crippen LogP) is 5.68. The average molecular weight is 368 g/mol. The van der Waals surface area contributed by atoms with E-state index in [0.717, 1.165) is 30.8 Å². The van der Waals surface area contributed by atoms with Gasteiger partial charge >= 0.3 is 5.97 Å². The van der Waals surface area contributed by atoms with Crippen LogP contribution in [-0.2, 0) is 0 Å². The molecule has 0 heterocycles. The summed E-state index contributed by atoms with van der Waals surface area (Å²) in [6, 6.07) is 14.1. The van der Waals surface area contributed by atoms with Gasteiger partial charge in [0.2, 0.25) is 0 Å². The fourth-order valence-corrected chi connectivity index (χ4v) is 2.23. The summed E-state index contributed by atoms with van der Waals surface area (Å²) >= 11 is 0. The molecule has 1 atom stereocenters. The monoisotopic (exact) mass is 368 g/mol. The molecule has 0 aliphatic carbocycles. The molecule has 4 nitrogen and oxygen atoms in total. The lowest BCUT2D eigenvalue weighted by Gasteiger charge is -2.11. The summed E-state index contributed by atoms with van der Waals surface area (Å²) in [4.78, 5) is 12.3. The van der Waals surface area contributed by atoms with Crippen LogP contribution in [0.25, 0.3) is 0 Å². The van der Waals surface area contributed by atoms with Crippen LogP contribution < -0.4 is 14.2 Å². The lowest BCUT2D eigenvalue weighted by molar-refractivity contribution is 0.0734. The van der Waals surface area contributed by atoms with Gasteiger partial charge in [-0.25, -0.2) is 4.79 Å². The van der Waals surface area contributed by atoms with E-state index in [2.05, 4.69) is 20.4 Å². The highest BCUT2D eigenvalue weighted by Crippen LogP contribution is 2.20. The van der Waals surface area contributed by atoms with Gasteiger partial charge in [-0.05, 0) is 67.3 Å². The van der Waals surface area contributed by atoms with Crippen LogP contribution in [0.5, 0.6) is 17.2 Å². The standard InChI is InChI=1S/C23H28O4/c1-4-6-7-16-25-20-12-14-22(15-13-20)27-23(24)19-8-10-21(11-9-19)26-17-18(3)5-2/h4,8-15,18H,1,5-7,16-17H2,2-3H3/t18-/m0/s1. The van der Waals surface area contributed by atoms with E-state index >= 15 is 0 Å². The fourth-order valence-electron chi connectivity index (χ4n) is 2.23. The van der Waals surface area contributed by atoms with Crippen LogP contribution in [0.2, 0.25) is 0 Å². The van der Waals surface area contributed by atoms with E-state index < -0.39 is 5.97 Å². The number of ether oxygens (including phenoxy) is 3. The van der Waals surface area contributed by atoms with Crippen molar-refractivity contribution in [3.05, 3.63) is 66.7 Å². The number of hydrogen-bond donors (Lipinski definition) is 0. The molecule has 27 heavy (non-hydrogen) atoms. The highest BCUT2D eigenvalue weighted by atomic mass is 16.5. The Morgan fingerprint density at radius 1 is 1.00 bits per heavy atom. The molecular weight excluding hydrogens is 340 g/mol. The minimum atomic E-state index is -0.400. The van der Waals surface area contributed by atoms with Crippen LogP contribution >= 0.6 is 0 Å². The molecule has 0 N–H and O–H groups in total. The molecule has 144 valence electrons. The van der Waals surface area contributed by atoms with Crippen molar-refractivity contribution in [3.63, 3.8) is 0 Å². The fraction of sp³-hybridized carbons (Fsp3) is 0.348. The molecule has 0 bridgehead atoms. The summed E-state index contributed by atoms with van der Waals surface area (Å²) in [7, 11) is 0. The molecule has 0 aliphatic heterocycles. The summed E-state index contributed by atoms with van der Waals surface area (Å²) in [5.41, 5.74) is 0.482. The van der Waals surface area contributed by atoms with Crippen LogP contribution in [0.4, 0.5) is 0 Å². The summed E-state index contributed by atoms with van der Waals surface area (Å²) in [6.07, 6.45) is 4.80. The number of carbonyl (C=O) groups excluding carboxylic acids is 1. The molecule has 2 rings (SSSR count). The normalized spacial score (nSPS) is 11.5. The molecule has 0 radical (unpaired) electrons. The summed E-state index contributed by atoms with van der Waals surface area (Å²) in [6.45, 7) is 9.26. The van der Waals surface area contributed by atoms with Crippen molar-refractivity contribution < 1.29 is 19.0 Å². The highest BCUT2D eigenvalue weighted by Gasteiger charge is 2.09. The highest BCUT2D eigenvalue weighted by molar-refractivity contribution is 5.91. The molecule has 0 spiro atoms. The molecule has 0 amide bonds. The second kappa shape index (κ2) is 11.1. The number of benzene rings is 2. The Bertz CT molecular complexity index is 704. The number of unbranched alkanes of at least 4 members (excludes halogenated alkanes) is 1. The number of allylic oxidation sites excluding steroid dienone is 1. The van der Waals surface area contributed by atoms with Gasteiger partial charge in [0.15, 0.2) is 0 Å². The summed E-state index contributed by atoms with van der Waals surface area (Å²) in [5, 5.41) is 0. The first kappa shape index (κ1) is 20.6. The topological polar surface area (TPSA) is 44.8 Å². The minimum Gasteiger partial charge on any atom is -0.494 e. The number of hydrogen-bond acceptors (Lipinski definition) is 4. The van der Waals surface area contributed by atoms with Crippen LogP contribution in [0.3, 0.4) is 0 Å². The molecule has 0 unspecified atom stereocenters. The lowest BCUT2D eigenvalue weighted by atomic mass is 10.1. The Balaban J connectivity index is 1.84. The van der Waals surface area contributed by atoms with Crippen LogP contribution in [0.15, 0.2) is 61.2 Å². The molecular formula is C23H28O4. The van der Waals surface area contributed by atoms with E-state index in [9.17, 15) is 4.79 Å². The molecule has 0 aliphatic rings. The van der Waals surface area contributed by atoms with Gasteiger partial charge in [0.05, 0.1) is 18.8 Å². The smallest absolute Gasteiger partial charge is 0.343 e. The van der Waals surface area contributed by atoms with Crippen molar-refractivity contribution in [2.45, 2.75) is 33.1 Å². The average Bonchev–Trinajstić information content (AvgIpc) is 2.71. The van der Waals surface area contributed by atoms with Crippen molar-refractivity contribution in [1.29, 1.82) is 0 Å². The zero-order valence-electron chi connectivity index (χ0n) is 16.1. The minimum absolute atomic E-state index is 0.400. The third kappa shape index (κ3) is 7.18. The second-order valence-electron chi connectivity index (χ2n) is 6.49. The zero-order chi connectivity index (χ0) is 19.5. The van der Waals surface area contributed by atoms with E-state index in [1.54, 1.807) is 48.5 Å². The van der Waals surface area contributed by atoms with Gasteiger partial charge in [-0.1, -0.05) is 26.3 Å². The van der Waals surface area contributed by atoms with Crippen molar-refractivity contribution >= 4 is 5.97 Å². The number of rotatable bonds is 11. The Morgan fingerprint density at radius 3 is 2.22 bits per heavy atom. The van der Waals surface area contributed by atoms with Gasteiger partial charge in [0.1, 0.15) is 17.2 Å². The summed E-state index contributed by atoms with van der Waals surface area (Å²) < 4.78 is 16.7. The van der Waals surface area contributed by atoms with Crippen LogP contribution in [0, 0.1) is 5.92 Å². The SMILES string of the molecule is C=CCCCOc1ccc(OC(=O)c2ccc(OC[C@@H](C)CC)cc2)cc1. The summed E-state index contributed by atoms with van der Waals surface area (Å²) in [5.74, 6) is 2.09. The maximum atomic E-state index is 12.3. The van der Waals surface area contributed by atoms with E-state index in [0.29, 0.717) is 30.4 Å². The zero-order valence-corrected chi connectivity index (χ0v) is 16.1. The predicted molar refractivity (Wildman–Crippen MR) is 108 cm³/mol. The molecule has 4 heteroatoms. The largest absolute Gasteiger partial charge is 0.494 e. The van der Waals surface area contributed by atoms with E-state index in [1.165, 1.54) is 0 Å². The first-order valence-electron chi connectivity index (χ1n) is 9.41. The molecule has 2 aromatic carbocycles. The van der Waals surface area contributed by atoms with E-state index in [1.807, 2.05) is 6.08 Å². The molecule has 0 aromatic heterocycles. The maximum absolute atomic E-state index is 12.3. The van der Waals surface area contributed by atoms with Crippen molar-refractivity contribution in [1.82, 2.24) is 0 Å². The van der Waals surface area contributed by atoms with Gasteiger partial charge in [-0.2, -0.15) is 0 Å². The van der Waals surface area contributed by atoms with E-state index in [-0.39, 0.29) is 0 Å². The quantitative estimate of drug-likeness (QED) is 0.222. The molecule has 0 fully saturated rings. The van der Waals surface area contributed by atoms with Gasteiger partial charge in [0.25, 0.3) is 0 Å². The molecule has 0 saturated heterocycles. The Labute approximate surface area is 161 Å². The Kier molecular flexibility index (Phi) is 8.43. The van der Waals surface area contributed by atoms with Crippen LogP contribution in [0.1, 0.15) is 43.5 Å². The maximum Gasteiger partial charge on any atom is 0.343 e. The third-order valence-corrected chi connectivity index (χ3v) is 4.18. The first-order valence-corrected chi connectivity index (χ1v) is 9.41. The number of esters is 1. The second-order valence-corrected chi connectivity index (χ2v) is 6.49. The molecule has 0 saturated carbocycles. The van der Waals surface area contributed by atoms with Crippen molar-refractivity contribution in [2.75, 3.05) is 13.2 Å². The van der Waals surface area contributed by atoms with Gasteiger partial charge in [-0.15, -0.1) is 6.58 Å². The van der Waals surface area contributed by atoms with Gasteiger partial charge in [-0.3, -0.25) is 0 Å². The Morgan fingerprint density at radius 2 is 1.59 bits per heavy atom. The first-order chi connectivity index (χ1) is 13.1. The molecule has 2 aromatic rings. The van der Waals surface area contributed by atoms with Crippen molar-refractivity contribution in [3.8, 4) is 17.2 Å². The van der Waals surface area contributed by atoms with Gasteiger partial charge < -0.3 is 14.2 Å². The number of carbonyl (C=O) groups is 1. The van der Waals surface area contributed by atoms with Gasteiger partial charge in [0, 0.05) is 0 Å². The van der Waals surface area contributed by atoms with E-state index in [4.69, 9.17) is 14.2 Å². The van der Waals surface area contributed by atoms with Crippen molar-refractivity contribution in [2.24, 2.45) is 5.92 Å².